The minimum atomic E-state index is -0.593. The molecule has 0 bridgehead atoms. The Labute approximate surface area is 216 Å². The van der Waals surface area contributed by atoms with Gasteiger partial charge in [0.15, 0.2) is 0 Å². The van der Waals surface area contributed by atoms with Gasteiger partial charge >= 0.3 is 5.97 Å². The summed E-state index contributed by atoms with van der Waals surface area (Å²) in [4.78, 5) is 17.7. The van der Waals surface area contributed by atoms with Crippen molar-refractivity contribution in [2.45, 2.75) is 13.5 Å². The average molecular weight is 583 g/mol. The van der Waals surface area contributed by atoms with Gasteiger partial charge in [0, 0.05) is 0 Å². The number of aliphatic hydroxyl groups excluding tert-OH is 1. The molecule has 0 saturated carbocycles. The van der Waals surface area contributed by atoms with Crippen molar-refractivity contribution in [3.63, 3.8) is 0 Å². The first-order chi connectivity index (χ1) is 16.5. The summed E-state index contributed by atoms with van der Waals surface area (Å²) in [6.45, 7) is 2.42. The number of para-hydroxylation sites is 1. The van der Waals surface area contributed by atoms with Crippen molar-refractivity contribution < 1.29 is 19.4 Å². The molecule has 1 N–H and O–H groups in total. The second-order valence-corrected chi connectivity index (χ2v) is 9.46. The van der Waals surface area contributed by atoms with E-state index in [4.69, 9.17) is 9.47 Å². The minimum Gasteiger partial charge on any atom is -0.506 e. The normalized spacial score (nSPS) is 15.7. The second kappa shape index (κ2) is 11.4. The maximum atomic E-state index is 12.6. The summed E-state index contributed by atoms with van der Waals surface area (Å²) in [6, 6.07) is 25.1. The Bertz CT molecular complexity index is 1270. The first-order valence-electron chi connectivity index (χ1n) is 10.7. The van der Waals surface area contributed by atoms with E-state index in [2.05, 4.69) is 27.6 Å². The van der Waals surface area contributed by atoms with Gasteiger partial charge in [-0.1, -0.05) is 66.4 Å². The molecule has 3 aromatic rings. The Morgan fingerprint density at radius 1 is 1.06 bits per heavy atom. The van der Waals surface area contributed by atoms with E-state index in [1.165, 1.54) is 11.8 Å². The highest BCUT2D eigenvalue weighted by Crippen LogP contribution is 2.40. The van der Waals surface area contributed by atoms with Crippen LogP contribution < -0.4 is 4.74 Å². The summed E-state index contributed by atoms with van der Waals surface area (Å²) < 4.78 is 12.1. The van der Waals surface area contributed by atoms with Gasteiger partial charge in [0.2, 0.25) is 0 Å². The van der Waals surface area contributed by atoms with Gasteiger partial charge in [0.05, 0.1) is 20.8 Å². The summed E-state index contributed by atoms with van der Waals surface area (Å²) in [6.07, 6.45) is 1.83. The van der Waals surface area contributed by atoms with Crippen LogP contribution in [0.2, 0.25) is 0 Å². The highest BCUT2D eigenvalue weighted by molar-refractivity contribution is 14.1. The van der Waals surface area contributed by atoms with E-state index < -0.39 is 5.97 Å². The number of hydrogen-bond acceptors (Lipinski definition) is 6. The van der Waals surface area contributed by atoms with Gasteiger partial charge in [0.25, 0.3) is 0 Å². The molecule has 1 aliphatic heterocycles. The molecule has 0 spiro atoms. The summed E-state index contributed by atoms with van der Waals surface area (Å²) in [5.41, 5.74) is 2.74. The van der Waals surface area contributed by atoms with E-state index >= 15 is 0 Å². The third-order valence-electron chi connectivity index (χ3n) is 4.85. The van der Waals surface area contributed by atoms with Gasteiger partial charge in [-0.3, -0.25) is 0 Å². The number of ether oxygens (including phenoxy) is 2. The van der Waals surface area contributed by atoms with E-state index in [-0.39, 0.29) is 17.9 Å². The molecule has 34 heavy (non-hydrogen) atoms. The molecular weight excluding hydrogens is 561 g/mol. The molecule has 4 rings (SSSR count). The van der Waals surface area contributed by atoms with Gasteiger partial charge in [-0.05, 0) is 71.0 Å². The number of nitrogens with zero attached hydrogens (tertiary/aromatic N) is 1. The van der Waals surface area contributed by atoms with Crippen LogP contribution in [0.25, 0.3) is 6.08 Å². The van der Waals surface area contributed by atoms with Crippen LogP contribution in [0.1, 0.15) is 18.1 Å². The van der Waals surface area contributed by atoms with Gasteiger partial charge in [0.1, 0.15) is 28.7 Å². The van der Waals surface area contributed by atoms with Crippen molar-refractivity contribution in [3.05, 3.63) is 110 Å². The molecule has 0 aliphatic carbocycles. The molecular formula is C27H22INO4S. The molecule has 0 aromatic heterocycles. The quantitative estimate of drug-likeness (QED) is 0.238. The number of rotatable bonds is 7. The zero-order chi connectivity index (χ0) is 23.9. The van der Waals surface area contributed by atoms with Crippen LogP contribution in [-0.4, -0.2) is 22.7 Å². The molecule has 172 valence electrons. The van der Waals surface area contributed by atoms with Crippen molar-refractivity contribution in [1.82, 2.24) is 0 Å². The standard InChI is InChI=1S/C27H22INO4S/c1-2-32-27(31)24-25(30)23(34-26(24)29-20-11-7-4-8-12-20)16-19-13-14-22(21(28)15-19)33-17-18-9-5-3-6-10-18/h3-16,30H,2,17H2,1H3/b23-16-,29-26?. The Balaban J connectivity index is 1.59. The number of thioether (sulfide) groups is 1. The fraction of sp³-hybridized carbons (Fsp3) is 0.111. The maximum Gasteiger partial charge on any atom is 0.344 e. The molecule has 0 fully saturated rings. The minimum absolute atomic E-state index is 0.0828. The third-order valence-corrected chi connectivity index (χ3v) is 6.71. The lowest BCUT2D eigenvalue weighted by molar-refractivity contribution is -0.138. The molecule has 5 nitrogen and oxygen atoms in total. The van der Waals surface area contributed by atoms with Gasteiger partial charge in [-0.15, -0.1) is 0 Å². The lowest BCUT2D eigenvalue weighted by Crippen LogP contribution is -2.12. The van der Waals surface area contributed by atoms with E-state index in [0.717, 1.165) is 20.4 Å². The highest BCUT2D eigenvalue weighted by Gasteiger charge is 2.33. The Morgan fingerprint density at radius 2 is 1.76 bits per heavy atom. The summed E-state index contributed by atoms with van der Waals surface area (Å²) in [7, 11) is 0. The summed E-state index contributed by atoms with van der Waals surface area (Å²) in [5, 5.41) is 11.3. The van der Waals surface area contributed by atoms with Crippen molar-refractivity contribution >= 4 is 57.1 Å². The Kier molecular flexibility index (Phi) is 8.08. The van der Waals surface area contributed by atoms with Gasteiger partial charge < -0.3 is 14.6 Å². The second-order valence-electron chi connectivity index (χ2n) is 7.27. The maximum absolute atomic E-state index is 12.6. The number of aliphatic hydroxyl groups is 1. The van der Waals surface area contributed by atoms with Crippen LogP contribution in [0, 0.1) is 3.57 Å². The van der Waals surface area contributed by atoms with Crippen LogP contribution >= 0.6 is 34.4 Å². The lowest BCUT2D eigenvalue weighted by Gasteiger charge is -2.09. The monoisotopic (exact) mass is 583 g/mol. The predicted octanol–water partition coefficient (Wildman–Crippen LogP) is 7.06. The third kappa shape index (κ3) is 5.90. The number of hydrogen-bond donors (Lipinski definition) is 1. The number of aliphatic imine (C=N–C) groups is 1. The zero-order valence-electron chi connectivity index (χ0n) is 18.4. The summed E-state index contributed by atoms with van der Waals surface area (Å²) >= 11 is 3.47. The van der Waals surface area contributed by atoms with Crippen LogP contribution in [-0.2, 0) is 16.1 Å². The lowest BCUT2D eigenvalue weighted by atomic mass is 10.1. The molecule has 7 heteroatoms. The number of carbonyl (C=O) groups is 1. The number of benzene rings is 3. The van der Waals surface area contributed by atoms with Crippen LogP contribution in [0.5, 0.6) is 5.75 Å². The van der Waals surface area contributed by atoms with Gasteiger partial charge in [-0.25, -0.2) is 9.79 Å². The van der Waals surface area contributed by atoms with Crippen molar-refractivity contribution in [1.29, 1.82) is 0 Å². The molecule has 0 saturated heterocycles. The largest absolute Gasteiger partial charge is 0.506 e. The fourth-order valence-corrected chi connectivity index (χ4v) is 4.95. The van der Waals surface area contributed by atoms with Crippen LogP contribution in [0.4, 0.5) is 5.69 Å². The number of carbonyl (C=O) groups excluding carboxylic acids is 1. The average Bonchev–Trinajstić information content (AvgIpc) is 3.14. The smallest absolute Gasteiger partial charge is 0.344 e. The molecule has 0 atom stereocenters. The van der Waals surface area contributed by atoms with E-state index in [0.29, 0.717) is 22.2 Å². The van der Waals surface area contributed by atoms with Crippen molar-refractivity contribution in [2.24, 2.45) is 4.99 Å². The first-order valence-corrected chi connectivity index (χ1v) is 12.6. The van der Waals surface area contributed by atoms with E-state index in [1.54, 1.807) is 6.92 Å². The SMILES string of the molecule is CCOC(=O)C1=C(O)/C(=C/c2ccc(OCc3ccccc3)c(I)c2)SC1=Nc1ccccc1. The zero-order valence-corrected chi connectivity index (χ0v) is 21.4. The molecule has 1 aliphatic rings. The Hall–Kier alpha value is -3.04. The van der Waals surface area contributed by atoms with E-state index in [1.807, 2.05) is 84.9 Å². The molecule has 0 amide bonds. The summed E-state index contributed by atoms with van der Waals surface area (Å²) in [5.74, 6) is 0.0614. The topological polar surface area (TPSA) is 68.1 Å². The fourth-order valence-electron chi connectivity index (χ4n) is 3.22. The van der Waals surface area contributed by atoms with Crippen LogP contribution in [0.15, 0.2) is 100 Å². The Morgan fingerprint density at radius 3 is 2.44 bits per heavy atom. The molecule has 0 radical (unpaired) electrons. The predicted molar refractivity (Wildman–Crippen MR) is 145 cm³/mol. The van der Waals surface area contributed by atoms with Gasteiger partial charge in [-0.2, -0.15) is 0 Å². The molecule has 1 heterocycles. The highest BCUT2D eigenvalue weighted by atomic mass is 127. The molecule has 0 unspecified atom stereocenters. The van der Waals surface area contributed by atoms with Crippen molar-refractivity contribution in [2.75, 3.05) is 6.61 Å². The van der Waals surface area contributed by atoms with Crippen LogP contribution in [0.3, 0.4) is 0 Å². The molecule has 3 aromatic carbocycles. The van der Waals surface area contributed by atoms with Crippen molar-refractivity contribution in [3.8, 4) is 5.75 Å². The number of esters is 1. The number of halogens is 1. The first kappa shape index (κ1) is 24.1. The van der Waals surface area contributed by atoms with E-state index in [9.17, 15) is 9.90 Å².